The first-order valence-corrected chi connectivity index (χ1v) is 11.7. The minimum atomic E-state index is -3.59. The number of aryl methyl sites for hydroxylation is 5. The largest absolute Gasteiger partial charge is 0.340 e. The first kappa shape index (κ1) is 22.4. The number of carbonyl (C=O) groups is 1. The Kier molecular flexibility index (Phi) is 6.33. The van der Waals surface area contributed by atoms with Gasteiger partial charge in [-0.1, -0.05) is 24.6 Å². The van der Waals surface area contributed by atoms with Crippen molar-refractivity contribution in [2.75, 3.05) is 26.2 Å². The highest BCUT2D eigenvalue weighted by molar-refractivity contribution is 7.89. The number of hydrogen-bond donors (Lipinski definition) is 0. The van der Waals surface area contributed by atoms with Crippen molar-refractivity contribution in [1.29, 1.82) is 0 Å². The van der Waals surface area contributed by atoms with Crippen LogP contribution in [-0.4, -0.2) is 64.5 Å². The lowest BCUT2D eigenvalue weighted by molar-refractivity contribution is -0.136. The zero-order valence-electron chi connectivity index (χ0n) is 18.6. The summed E-state index contributed by atoms with van der Waals surface area (Å²) < 4.78 is 29.7. The van der Waals surface area contributed by atoms with E-state index in [4.69, 9.17) is 0 Å². The second-order valence-electron chi connectivity index (χ2n) is 8.25. The first-order chi connectivity index (χ1) is 14.0. The highest BCUT2D eigenvalue weighted by Crippen LogP contribution is 2.26. The van der Waals surface area contributed by atoms with E-state index in [2.05, 4.69) is 10.1 Å². The molecule has 0 saturated carbocycles. The van der Waals surface area contributed by atoms with Gasteiger partial charge in [0.1, 0.15) is 11.6 Å². The predicted molar refractivity (Wildman–Crippen MR) is 115 cm³/mol. The number of rotatable bonds is 5. The number of amides is 1. The van der Waals surface area contributed by atoms with Gasteiger partial charge < -0.3 is 4.90 Å². The summed E-state index contributed by atoms with van der Waals surface area (Å²) in [6.45, 7) is 13.1. The van der Waals surface area contributed by atoms with E-state index in [1.807, 2.05) is 53.7 Å². The molecule has 0 unspecified atom stereocenters. The average Bonchev–Trinajstić information content (AvgIpc) is 2.97. The molecule has 1 fully saturated rings. The zero-order valence-corrected chi connectivity index (χ0v) is 19.5. The zero-order chi connectivity index (χ0) is 22.2. The van der Waals surface area contributed by atoms with Crippen LogP contribution in [0.1, 0.15) is 35.3 Å². The molecule has 1 amide bonds. The summed E-state index contributed by atoms with van der Waals surface area (Å²) >= 11 is 0. The summed E-state index contributed by atoms with van der Waals surface area (Å²) in [6, 6.07) is 3.80. The van der Waals surface area contributed by atoms with Crippen molar-refractivity contribution in [2.24, 2.45) is 5.92 Å². The second-order valence-corrected chi connectivity index (χ2v) is 10.1. The summed E-state index contributed by atoms with van der Waals surface area (Å²) in [7, 11) is -3.59. The number of carbonyl (C=O) groups excluding carboxylic acids is 1. The Balaban J connectivity index is 1.67. The lowest BCUT2D eigenvalue weighted by Crippen LogP contribution is -2.52. The standard InChI is InChI=1S/C21H31N5O3S/c1-14-11-15(2)20(16(3)12-14)30(28,29)25-9-7-24(8-10-25)21(27)17(4)13-26-19(6)22-18(5)23-26/h11-12,17H,7-10,13H2,1-6H3/t17-/m1/s1. The highest BCUT2D eigenvalue weighted by Gasteiger charge is 2.33. The van der Waals surface area contributed by atoms with Gasteiger partial charge in [-0.2, -0.15) is 9.40 Å². The molecule has 30 heavy (non-hydrogen) atoms. The molecule has 164 valence electrons. The highest BCUT2D eigenvalue weighted by atomic mass is 32.2. The molecular formula is C21H31N5O3S. The van der Waals surface area contributed by atoms with E-state index in [1.54, 1.807) is 9.58 Å². The number of benzene rings is 1. The summed E-state index contributed by atoms with van der Waals surface area (Å²) in [5.41, 5.74) is 2.57. The number of piperazine rings is 1. The molecule has 0 N–H and O–H groups in total. The van der Waals surface area contributed by atoms with Crippen molar-refractivity contribution in [3.63, 3.8) is 0 Å². The summed E-state index contributed by atoms with van der Waals surface area (Å²) in [4.78, 5) is 19.3. The third kappa shape index (κ3) is 4.41. The molecule has 1 aromatic heterocycles. The molecule has 2 aromatic rings. The topological polar surface area (TPSA) is 88.4 Å². The van der Waals surface area contributed by atoms with E-state index in [-0.39, 0.29) is 11.8 Å². The van der Waals surface area contributed by atoms with Gasteiger partial charge in [-0.05, 0) is 45.7 Å². The fourth-order valence-electron chi connectivity index (χ4n) is 4.24. The van der Waals surface area contributed by atoms with Crippen LogP contribution in [0.15, 0.2) is 17.0 Å². The van der Waals surface area contributed by atoms with Gasteiger partial charge in [-0.3, -0.25) is 4.79 Å². The average molecular weight is 434 g/mol. The second kappa shape index (κ2) is 8.47. The molecule has 8 nitrogen and oxygen atoms in total. The number of nitrogens with zero attached hydrogens (tertiary/aromatic N) is 5. The third-order valence-corrected chi connectivity index (χ3v) is 7.79. The first-order valence-electron chi connectivity index (χ1n) is 10.3. The summed E-state index contributed by atoms with van der Waals surface area (Å²) in [6.07, 6.45) is 0. The molecule has 1 aliphatic heterocycles. The van der Waals surface area contributed by atoms with Crippen LogP contribution in [0.5, 0.6) is 0 Å². The van der Waals surface area contributed by atoms with Crippen molar-refractivity contribution in [2.45, 2.75) is 53.0 Å². The van der Waals surface area contributed by atoms with Crippen LogP contribution < -0.4 is 0 Å². The van der Waals surface area contributed by atoms with Gasteiger partial charge in [0.2, 0.25) is 15.9 Å². The molecule has 0 aliphatic carbocycles. The number of aromatic nitrogens is 3. The van der Waals surface area contributed by atoms with E-state index in [0.717, 1.165) is 22.5 Å². The van der Waals surface area contributed by atoms with Gasteiger partial charge in [-0.25, -0.2) is 18.1 Å². The van der Waals surface area contributed by atoms with E-state index in [0.29, 0.717) is 43.4 Å². The van der Waals surface area contributed by atoms with Gasteiger partial charge in [0.05, 0.1) is 17.4 Å². The third-order valence-electron chi connectivity index (χ3n) is 5.58. The maximum atomic E-state index is 13.2. The van der Waals surface area contributed by atoms with Crippen molar-refractivity contribution in [3.8, 4) is 0 Å². The minimum absolute atomic E-state index is 0.0160. The monoisotopic (exact) mass is 433 g/mol. The van der Waals surface area contributed by atoms with Crippen molar-refractivity contribution < 1.29 is 13.2 Å². The fourth-order valence-corrected chi connectivity index (χ4v) is 6.07. The molecule has 0 radical (unpaired) electrons. The van der Waals surface area contributed by atoms with Crippen LogP contribution in [0.3, 0.4) is 0 Å². The molecule has 1 atom stereocenters. The smallest absolute Gasteiger partial charge is 0.243 e. The lowest BCUT2D eigenvalue weighted by Gasteiger charge is -2.35. The van der Waals surface area contributed by atoms with Crippen LogP contribution >= 0.6 is 0 Å². The minimum Gasteiger partial charge on any atom is -0.340 e. The van der Waals surface area contributed by atoms with Gasteiger partial charge in [0.25, 0.3) is 0 Å². The fraction of sp³-hybridized carbons (Fsp3) is 0.571. The van der Waals surface area contributed by atoms with Crippen LogP contribution in [-0.2, 0) is 21.4 Å². The van der Waals surface area contributed by atoms with Crippen molar-refractivity contribution >= 4 is 15.9 Å². The van der Waals surface area contributed by atoms with E-state index in [9.17, 15) is 13.2 Å². The quantitative estimate of drug-likeness (QED) is 0.720. The Labute approximate surface area is 178 Å². The van der Waals surface area contributed by atoms with Gasteiger partial charge in [-0.15, -0.1) is 0 Å². The van der Waals surface area contributed by atoms with E-state index < -0.39 is 10.0 Å². The van der Waals surface area contributed by atoms with E-state index >= 15 is 0 Å². The maximum Gasteiger partial charge on any atom is 0.243 e. The molecule has 1 aliphatic rings. The Bertz CT molecular complexity index is 1030. The molecule has 2 heterocycles. The molecule has 9 heteroatoms. The Morgan fingerprint density at radius 1 is 1.03 bits per heavy atom. The Morgan fingerprint density at radius 2 is 1.60 bits per heavy atom. The van der Waals surface area contributed by atoms with Crippen molar-refractivity contribution in [1.82, 2.24) is 24.0 Å². The molecule has 1 aromatic carbocycles. The van der Waals surface area contributed by atoms with Crippen LogP contribution in [0.2, 0.25) is 0 Å². The molecule has 1 saturated heterocycles. The van der Waals surface area contributed by atoms with Crippen LogP contribution in [0, 0.1) is 40.5 Å². The van der Waals surface area contributed by atoms with Crippen molar-refractivity contribution in [3.05, 3.63) is 40.5 Å². The normalized spacial score (nSPS) is 16.7. The number of hydrogen-bond acceptors (Lipinski definition) is 5. The van der Waals surface area contributed by atoms with Gasteiger partial charge >= 0.3 is 0 Å². The number of sulfonamides is 1. The van der Waals surface area contributed by atoms with E-state index in [1.165, 1.54) is 4.31 Å². The van der Waals surface area contributed by atoms with Crippen LogP contribution in [0.4, 0.5) is 0 Å². The molecule has 3 rings (SSSR count). The lowest BCUT2D eigenvalue weighted by atomic mass is 10.1. The molecule has 0 spiro atoms. The Morgan fingerprint density at radius 3 is 2.10 bits per heavy atom. The molecule has 0 bridgehead atoms. The maximum absolute atomic E-state index is 13.2. The Hall–Kier alpha value is -2.26. The van der Waals surface area contributed by atoms with Gasteiger partial charge in [0.15, 0.2) is 0 Å². The SMILES string of the molecule is Cc1cc(C)c(S(=O)(=O)N2CCN(C(=O)[C@H](C)Cn3nc(C)nc3C)CC2)c(C)c1. The molecular weight excluding hydrogens is 402 g/mol. The predicted octanol–water partition coefficient (Wildman–Crippen LogP) is 1.99. The van der Waals surface area contributed by atoms with Crippen LogP contribution in [0.25, 0.3) is 0 Å². The summed E-state index contributed by atoms with van der Waals surface area (Å²) in [5, 5.41) is 4.33. The summed E-state index contributed by atoms with van der Waals surface area (Å²) in [5.74, 6) is 1.23. The van der Waals surface area contributed by atoms with Gasteiger partial charge in [0, 0.05) is 26.2 Å².